The minimum atomic E-state index is -0.0564. The van der Waals surface area contributed by atoms with E-state index in [4.69, 9.17) is 18.9 Å². The molecule has 7 nitrogen and oxygen atoms in total. The summed E-state index contributed by atoms with van der Waals surface area (Å²) >= 11 is 0. The van der Waals surface area contributed by atoms with Gasteiger partial charge in [-0.2, -0.15) is 0 Å². The highest BCUT2D eigenvalue weighted by atomic mass is 16.5. The van der Waals surface area contributed by atoms with Crippen molar-refractivity contribution in [3.63, 3.8) is 0 Å². The van der Waals surface area contributed by atoms with Gasteiger partial charge in [0.15, 0.2) is 0 Å². The highest BCUT2D eigenvalue weighted by molar-refractivity contribution is 5.69. The molecule has 0 aliphatic rings. The minimum absolute atomic E-state index is 0.0541. The average Bonchev–Trinajstić information content (AvgIpc) is 2.99. The maximum atomic E-state index is 11.9. The summed E-state index contributed by atoms with van der Waals surface area (Å²) in [5.74, 6) is 2.28. The molecule has 260 valence electrons. The molecule has 0 spiro atoms. The van der Waals surface area contributed by atoms with E-state index in [1.807, 2.05) is 6.07 Å². The minimum Gasteiger partial charge on any atom is -0.493 e. The Hall–Kier alpha value is -2.28. The second-order valence-electron chi connectivity index (χ2n) is 13.0. The number of benzene rings is 1. The normalized spacial score (nSPS) is 11.9. The molecule has 0 aromatic heterocycles. The molecule has 0 amide bonds. The summed E-state index contributed by atoms with van der Waals surface area (Å²) in [5, 5.41) is 0. The van der Waals surface area contributed by atoms with E-state index in [2.05, 4.69) is 51.9 Å². The molecular weight excluding hydrogens is 566 g/mol. The van der Waals surface area contributed by atoms with Crippen LogP contribution in [0.4, 0.5) is 0 Å². The number of hydrogen-bond donors (Lipinski definition) is 0. The van der Waals surface area contributed by atoms with Crippen molar-refractivity contribution in [3.05, 3.63) is 23.8 Å². The van der Waals surface area contributed by atoms with Crippen molar-refractivity contribution in [2.45, 2.75) is 149 Å². The summed E-state index contributed by atoms with van der Waals surface area (Å²) in [6, 6.07) is 6.19. The van der Waals surface area contributed by atoms with Crippen LogP contribution in [0.1, 0.15) is 148 Å². The predicted octanol–water partition coefficient (Wildman–Crippen LogP) is 9.68. The lowest BCUT2D eigenvalue weighted by Crippen LogP contribution is -2.11. The number of carbonyl (C=O) groups is 2. The summed E-state index contributed by atoms with van der Waals surface area (Å²) in [6.07, 6.45) is 19.2. The van der Waals surface area contributed by atoms with Crippen LogP contribution in [0.15, 0.2) is 18.2 Å². The first-order valence-electron chi connectivity index (χ1n) is 18.2. The van der Waals surface area contributed by atoms with Crippen LogP contribution in [0, 0.1) is 5.92 Å². The number of ether oxygens (including phenoxy) is 4. The van der Waals surface area contributed by atoms with Gasteiger partial charge in [-0.1, -0.05) is 65.7 Å². The molecule has 1 aromatic carbocycles. The van der Waals surface area contributed by atoms with E-state index in [0.717, 1.165) is 95.1 Å². The molecule has 1 rings (SSSR count). The summed E-state index contributed by atoms with van der Waals surface area (Å²) in [4.78, 5) is 25.9. The van der Waals surface area contributed by atoms with Crippen LogP contribution in [0.2, 0.25) is 0 Å². The lowest BCUT2D eigenvalue weighted by molar-refractivity contribution is -0.144. The van der Waals surface area contributed by atoms with E-state index in [0.29, 0.717) is 45.2 Å². The van der Waals surface area contributed by atoms with Crippen molar-refractivity contribution in [2.24, 2.45) is 5.92 Å². The Bertz CT molecular complexity index is 874. The van der Waals surface area contributed by atoms with Crippen molar-refractivity contribution in [2.75, 3.05) is 40.5 Å². The van der Waals surface area contributed by atoms with Gasteiger partial charge >= 0.3 is 11.9 Å². The Morgan fingerprint density at radius 3 is 1.60 bits per heavy atom. The van der Waals surface area contributed by atoms with Gasteiger partial charge in [0.2, 0.25) is 0 Å². The standard InChI is InChI=1S/C38H67NO6/c1-6-8-9-10-15-23-37(40)44-27-18-13-11-16-25-42-35-29-34(32-39(4)5)30-36(31-35)43-26-17-12-14-19-28-45-38(41)24-20-22-33(3)21-7-2/h29-31,33H,6-28,32H2,1-5H3. The largest absolute Gasteiger partial charge is 0.493 e. The van der Waals surface area contributed by atoms with Crippen molar-refractivity contribution < 1.29 is 28.5 Å². The predicted molar refractivity (Wildman–Crippen MR) is 185 cm³/mol. The Labute approximate surface area is 276 Å². The van der Waals surface area contributed by atoms with E-state index in [9.17, 15) is 9.59 Å². The Morgan fingerprint density at radius 2 is 1.09 bits per heavy atom. The van der Waals surface area contributed by atoms with Gasteiger partial charge in [-0.25, -0.2) is 0 Å². The quantitative estimate of drug-likeness (QED) is 0.0617. The molecule has 1 aromatic rings. The fourth-order valence-corrected chi connectivity index (χ4v) is 5.37. The van der Waals surface area contributed by atoms with E-state index >= 15 is 0 Å². The third kappa shape index (κ3) is 24.6. The van der Waals surface area contributed by atoms with E-state index < -0.39 is 0 Å². The molecular formula is C38H67NO6. The van der Waals surface area contributed by atoms with Crippen molar-refractivity contribution in [3.8, 4) is 11.5 Å². The van der Waals surface area contributed by atoms with Gasteiger partial charge in [0, 0.05) is 25.5 Å². The lowest BCUT2D eigenvalue weighted by Gasteiger charge is -2.15. The SMILES string of the molecule is CCCCCCCC(=O)OCCCCCCOc1cc(CN(C)C)cc(OCCCCCCOC(=O)CCCC(C)CCC)c1. The molecule has 0 aliphatic heterocycles. The number of rotatable bonds is 30. The maximum absolute atomic E-state index is 11.9. The third-order valence-corrected chi connectivity index (χ3v) is 7.92. The average molecular weight is 634 g/mol. The zero-order valence-electron chi connectivity index (χ0n) is 29.7. The lowest BCUT2D eigenvalue weighted by atomic mass is 9.99. The Morgan fingerprint density at radius 1 is 0.600 bits per heavy atom. The highest BCUT2D eigenvalue weighted by Crippen LogP contribution is 2.25. The first-order valence-corrected chi connectivity index (χ1v) is 18.2. The van der Waals surface area contributed by atoms with Crippen LogP contribution < -0.4 is 9.47 Å². The molecule has 45 heavy (non-hydrogen) atoms. The van der Waals surface area contributed by atoms with Crippen LogP contribution in [0.5, 0.6) is 11.5 Å². The van der Waals surface area contributed by atoms with Gasteiger partial charge < -0.3 is 23.8 Å². The Kier molecular flexibility index (Phi) is 25.3. The zero-order chi connectivity index (χ0) is 33.0. The molecule has 0 fully saturated rings. The molecule has 0 bridgehead atoms. The van der Waals surface area contributed by atoms with Crippen LogP contribution in [-0.2, 0) is 25.6 Å². The molecule has 1 atom stereocenters. The Balaban J connectivity index is 2.20. The molecule has 0 aliphatic carbocycles. The first kappa shape index (κ1) is 40.7. The maximum Gasteiger partial charge on any atom is 0.305 e. The number of esters is 2. The first-order chi connectivity index (χ1) is 21.8. The second kappa shape index (κ2) is 28.0. The number of carbonyl (C=O) groups excluding carboxylic acids is 2. The molecule has 1 unspecified atom stereocenters. The number of unbranched alkanes of at least 4 members (excludes halogenated alkanes) is 10. The smallest absolute Gasteiger partial charge is 0.305 e. The molecule has 0 heterocycles. The van der Waals surface area contributed by atoms with Gasteiger partial charge in [-0.15, -0.1) is 0 Å². The molecule has 7 heteroatoms. The monoisotopic (exact) mass is 633 g/mol. The summed E-state index contributed by atoms with van der Waals surface area (Å²) in [6.45, 7) is 9.84. The zero-order valence-corrected chi connectivity index (χ0v) is 29.7. The third-order valence-electron chi connectivity index (χ3n) is 7.92. The fourth-order valence-electron chi connectivity index (χ4n) is 5.37. The van der Waals surface area contributed by atoms with Crippen molar-refractivity contribution in [1.29, 1.82) is 0 Å². The topological polar surface area (TPSA) is 74.3 Å². The van der Waals surface area contributed by atoms with Gasteiger partial charge in [0.1, 0.15) is 11.5 Å². The molecule has 0 saturated carbocycles. The number of hydrogen-bond acceptors (Lipinski definition) is 7. The van der Waals surface area contributed by atoms with Gasteiger partial charge in [-0.05, 0) is 102 Å². The fraction of sp³-hybridized carbons (Fsp3) is 0.789. The molecule has 0 radical (unpaired) electrons. The highest BCUT2D eigenvalue weighted by Gasteiger charge is 2.08. The van der Waals surface area contributed by atoms with Crippen molar-refractivity contribution in [1.82, 2.24) is 4.90 Å². The summed E-state index contributed by atoms with van der Waals surface area (Å²) in [7, 11) is 4.12. The summed E-state index contributed by atoms with van der Waals surface area (Å²) < 4.78 is 23.0. The van der Waals surface area contributed by atoms with Crippen molar-refractivity contribution >= 4 is 11.9 Å². The number of nitrogens with zero attached hydrogens (tertiary/aromatic N) is 1. The van der Waals surface area contributed by atoms with E-state index in [1.54, 1.807) is 0 Å². The van der Waals surface area contributed by atoms with Crippen LogP contribution in [0.3, 0.4) is 0 Å². The van der Waals surface area contributed by atoms with E-state index in [-0.39, 0.29) is 11.9 Å². The summed E-state index contributed by atoms with van der Waals surface area (Å²) in [5.41, 5.74) is 1.17. The van der Waals surface area contributed by atoms with E-state index in [1.165, 1.54) is 37.7 Å². The molecule has 0 N–H and O–H groups in total. The van der Waals surface area contributed by atoms with Crippen LogP contribution in [-0.4, -0.2) is 57.4 Å². The van der Waals surface area contributed by atoms with Gasteiger partial charge in [-0.3, -0.25) is 9.59 Å². The van der Waals surface area contributed by atoms with Crippen LogP contribution in [0.25, 0.3) is 0 Å². The van der Waals surface area contributed by atoms with Gasteiger partial charge in [0.25, 0.3) is 0 Å². The van der Waals surface area contributed by atoms with Crippen LogP contribution >= 0.6 is 0 Å². The van der Waals surface area contributed by atoms with Gasteiger partial charge in [0.05, 0.1) is 26.4 Å². The second-order valence-corrected chi connectivity index (χ2v) is 13.0. The molecule has 0 saturated heterocycles.